The summed E-state index contributed by atoms with van der Waals surface area (Å²) in [6, 6.07) is 15.5. The molecule has 0 radical (unpaired) electrons. The molecule has 0 fully saturated rings. The summed E-state index contributed by atoms with van der Waals surface area (Å²) in [4.78, 5) is 12.0. The molecule has 5 nitrogen and oxygen atoms in total. The Morgan fingerprint density at radius 2 is 1.73 bits per heavy atom. The van der Waals surface area contributed by atoms with Crippen LogP contribution >= 0.6 is 0 Å². The molecule has 0 spiro atoms. The largest absolute Gasteiger partial charge is 0.388 e. The molecule has 2 atom stereocenters. The van der Waals surface area contributed by atoms with E-state index < -0.39 is 22.0 Å². The van der Waals surface area contributed by atoms with E-state index in [1.54, 1.807) is 24.3 Å². The number of sulfonamides is 1. The highest BCUT2D eigenvalue weighted by Gasteiger charge is 2.17. The van der Waals surface area contributed by atoms with Crippen LogP contribution in [0.1, 0.15) is 30.6 Å². The fraction of sp³-hybridized carbons (Fsp3) is 0.250. The Morgan fingerprint density at radius 1 is 1.12 bits per heavy atom. The average Bonchev–Trinajstić information content (AvgIpc) is 2.61. The molecule has 0 aliphatic heterocycles. The molecule has 2 aromatic carbocycles. The average molecular weight is 373 g/mol. The van der Waals surface area contributed by atoms with Crippen molar-refractivity contribution in [2.24, 2.45) is 5.92 Å². The third kappa shape index (κ3) is 5.54. The summed E-state index contributed by atoms with van der Waals surface area (Å²) < 4.78 is 26.3. The maximum atomic E-state index is 12.1. The third-order valence-corrected chi connectivity index (χ3v) is 5.35. The molecular weight excluding hydrogens is 350 g/mol. The topological polar surface area (TPSA) is 83.5 Å². The number of rotatable bonds is 7. The van der Waals surface area contributed by atoms with Crippen LogP contribution in [0.4, 0.5) is 0 Å². The first-order chi connectivity index (χ1) is 12.3. The molecular formula is C20H23NO4S. The first-order valence-corrected chi connectivity index (χ1v) is 9.80. The summed E-state index contributed by atoms with van der Waals surface area (Å²) in [5.41, 5.74) is 1.72. The molecule has 26 heavy (non-hydrogen) atoms. The lowest BCUT2D eigenvalue weighted by atomic mass is 9.97. The number of carbonyl (C=O) groups is 1. The van der Waals surface area contributed by atoms with Crippen molar-refractivity contribution in [2.75, 3.05) is 0 Å². The molecule has 138 valence electrons. The SMILES string of the molecule is Cc1ccc(S(=O)(=O)NC(=O)C/C=C\[C@@H](C)[C@@H](O)c2ccccc2)cc1. The van der Waals surface area contributed by atoms with Crippen LogP contribution in [0.25, 0.3) is 0 Å². The van der Waals surface area contributed by atoms with Gasteiger partial charge in [-0.2, -0.15) is 0 Å². The van der Waals surface area contributed by atoms with Gasteiger partial charge in [0.1, 0.15) is 0 Å². The normalized spacial score (nSPS) is 14.1. The van der Waals surface area contributed by atoms with Crippen LogP contribution in [0.2, 0.25) is 0 Å². The van der Waals surface area contributed by atoms with Crippen molar-refractivity contribution in [2.45, 2.75) is 31.3 Å². The fourth-order valence-corrected chi connectivity index (χ4v) is 3.41. The van der Waals surface area contributed by atoms with Crippen LogP contribution in [0, 0.1) is 12.8 Å². The molecule has 0 unspecified atom stereocenters. The van der Waals surface area contributed by atoms with Crippen molar-refractivity contribution in [1.29, 1.82) is 0 Å². The fourth-order valence-electron chi connectivity index (χ4n) is 2.42. The van der Waals surface area contributed by atoms with E-state index in [4.69, 9.17) is 0 Å². The first kappa shape index (κ1) is 19.9. The Kier molecular flexibility index (Phi) is 6.71. The molecule has 0 aliphatic rings. The number of aryl methyl sites for hydroxylation is 1. The second-order valence-corrected chi connectivity index (χ2v) is 7.87. The summed E-state index contributed by atoms with van der Waals surface area (Å²) in [5.74, 6) is -0.831. The van der Waals surface area contributed by atoms with Crippen molar-refractivity contribution in [1.82, 2.24) is 4.72 Å². The minimum atomic E-state index is -3.87. The maximum absolute atomic E-state index is 12.1. The summed E-state index contributed by atoms with van der Waals surface area (Å²) in [7, 11) is -3.87. The van der Waals surface area contributed by atoms with Gasteiger partial charge in [0.15, 0.2) is 0 Å². The van der Waals surface area contributed by atoms with Crippen LogP contribution < -0.4 is 4.72 Å². The van der Waals surface area contributed by atoms with Gasteiger partial charge in [0.2, 0.25) is 5.91 Å². The molecule has 0 aliphatic carbocycles. The first-order valence-electron chi connectivity index (χ1n) is 8.31. The second kappa shape index (κ2) is 8.78. The highest BCUT2D eigenvalue weighted by molar-refractivity contribution is 7.90. The molecule has 2 rings (SSSR count). The Balaban J connectivity index is 1.91. The lowest BCUT2D eigenvalue weighted by Crippen LogP contribution is -2.30. The van der Waals surface area contributed by atoms with Gasteiger partial charge in [-0.3, -0.25) is 4.79 Å². The van der Waals surface area contributed by atoms with Crippen molar-refractivity contribution in [3.05, 3.63) is 77.9 Å². The molecule has 0 bridgehead atoms. The van der Waals surface area contributed by atoms with Crippen molar-refractivity contribution >= 4 is 15.9 Å². The van der Waals surface area contributed by atoms with Gasteiger partial charge in [0.25, 0.3) is 10.0 Å². The Hall–Kier alpha value is -2.44. The van der Waals surface area contributed by atoms with E-state index in [0.29, 0.717) is 0 Å². The van der Waals surface area contributed by atoms with E-state index in [9.17, 15) is 18.3 Å². The number of carbonyl (C=O) groups excluding carboxylic acids is 1. The summed E-state index contributed by atoms with van der Waals surface area (Å²) in [6.45, 7) is 3.68. The number of hydrogen-bond donors (Lipinski definition) is 2. The molecule has 1 amide bonds. The molecule has 2 aromatic rings. The quantitative estimate of drug-likeness (QED) is 0.731. The maximum Gasteiger partial charge on any atom is 0.264 e. The van der Waals surface area contributed by atoms with Gasteiger partial charge in [-0.25, -0.2) is 13.1 Å². The highest BCUT2D eigenvalue weighted by atomic mass is 32.2. The van der Waals surface area contributed by atoms with Gasteiger partial charge >= 0.3 is 0 Å². The monoisotopic (exact) mass is 373 g/mol. The van der Waals surface area contributed by atoms with Crippen molar-refractivity contribution < 1.29 is 18.3 Å². The van der Waals surface area contributed by atoms with E-state index in [0.717, 1.165) is 11.1 Å². The van der Waals surface area contributed by atoms with E-state index in [2.05, 4.69) is 0 Å². The van der Waals surface area contributed by atoms with Gasteiger partial charge in [0, 0.05) is 12.3 Å². The second-order valence-electron chi connectivity index (χ2n) is 6.19. The Labute approximate surface area is 154 Å². The van der Waals surface area contributed by atoms with Gasteiger partial charge in [-0.15, -0.1) is 0 Å². The van der Waals surface area contributed by atoms with Crippen molar-refractivity contribution in [3.8, 4) is 0 Å². The molecule has 0 saturated heterocycles. The van der Waals surface area contributed by atoms with Crippen LogP contribution in [-0.4, -0.2) is 19.4 Å². The van der Waals surface area contributed by atoms with E-state index in [1.807, 2.05) is 48.9 Å². The standard InChI is InChI=1S/C20H23NO4S/c1-15-11-13-18(14-12-15)26(24,25)21-19(22)10-6-7-16(2)20(23)17-8-4-3-5-9-17/h3-9,11-14,16,20,23H,10H2,1-2H3,(H,21,22)/b7-6-/t16-,20-/m1/s1. The predicted octanol–water partition coefficient (Wildman–Crippen LogP) is 3.12. The predicted molar refractivity (Wildman–Crippen MR) is 101 cm³/mol. The van der Waals surface area contributed by atoms with Gasteiger partial charge in [-0.1, -0.05) is 67.1 Å². The number of benzene rings is 2. The zero-order valence-electron chi connectivity index (χ0n) is 14.8. The van der Waals surface area contributed by atoms with Crippen LogP contribution in [0.15, 0.2) is 71.6 Å². The minimum absolute atomic E-state index is 0.0493. The Bertz CT molecular complexity index is 858. The van der Waals surface area contributed by atoms with Crippen molar-refractivity contribution in [3.63, 3.8) is 0 Å². The van der Waals surface area contributed by atoms with Crippen LogP contribution in [0.3, 0.4) is 0 Å². The highest BCUT2D eigenvalue weighted by Crippen LogP contribution is 2.22. The minimum Gasteiger partial charge on any atom is -0.388 e. The van der Waals surface area contributed by atoms with Gasteiger partial charge in [0.05, 0.1) is 11.0 Å². The number of aliphatic hydroxyl groups excluding tert-OH is 1. The van der Waals surface area contributed by atoms with Gasteiger partial charge in [-0.05, 0) is 24.6 Å². The summed E-state index contributed by atoms with van der Waals surface area (Å²) in [6.07, 6.45) is 2.50. The van der Waals surface area contributed by atoms with Gasteiger partial charge < -0.3 is 5.11 Å². The lowest BCUT2D eigenvalue weighted by molar-refractivity contribution is -0.118. The molecule has 2 N–H and O–H groups in total. The molecule has 0 heterocycles. The van der Waals surface area contributed by atoms with Crippen LogP contribution in [-0.2, 0) is 14.8 Å². The zero-order valence-corrected chi connectivity index (χ0v) is 15.6. The number of nitrogens with one attached hydrogen (secondary N) is 1. The third-order valence-electron chi connectivity index (χ3n) is 3.96. The number of hydrogen-bond acceptors (Lipinski definition) is 4. The number of amides is 1. The van der Waals surface area contributed by atoms with E-state index >= 15 is 0 Å². The van der Waals surface area contributed by atoms with E-state index in [-0.39, 0.29) is 17.2 Å². The molecule has 0 saturated carbocycles. The Morgan fingerprint density at radius 3 is 2.35 bits per heavy atom. The molecule has 6 heteroatoms. The molecule has 0 aromatic heterocycles. The van der Waals surface area contributed by atoms with E-state index in [1.165, 1.54) is 12.1 Å². The summed E-state index contributed by atoms with van der Waals surface area (Å²) in [5, 5.41) is 10.3. The summed E-state index contributed by atoms with van der Waals surface area (Å²) >= 11 is 0. The number of aliphatic hydroxyl groups is 1. The smallest absolute Gasteiger partial charge is 0.264 e. The zero-order chi connectivity index (χ0) is 19.2. The van der Waals surface area contributed by atoms with Crippen LogP contribution in [0.5, 0.6) is 0 Å². The lowest BCUT2D eigenvalue weighted by Gasteiger charge is -2.15.